The first kappa shape index (κ1) is 7.56. The molecule has 0 bridgehead atoms. The Morgan fingerprint density at radius 3 is 2.83 bits per heavy atom. The van der Waals surface area contributed by atoms with Crippen LogP contribution in [0.2, 0.25) is 0 Å². The highest BCUT2D eigenvalue weighted by molar-refractivity contribution is 5.41. The molecule has 0 aromatic heterocycles. The van der Waals surface area contributed by atoms with Gasteiger partial charge in [-0.1, -0.05) is 30.4 Å². The van der Waals surface area contributed by atoms with Crippen molar-refractivity contribution in [3.05, 3.63) is 34.2 Å². The molecule has 1 aliphatic carbocycles. The van der Waals surface area contributed by atoms with Crippen molar-refractivity contribution in [2.24, 2.45) is 5.73 Å². The standard InChI is InChI=1S/C11H13N/c12-8-10-6-3-5-9-4-1-2-7-11(9)10/h3-7H,1-2,8,12H2. The third-order valence-electron chi connectivity index (χ3n) is 2.33. The van der Waals surface area contributed by atoms with Gasteiger partial charge in [-0.3, -0.25) is 0 Å². The molecule has 0 heterocycles. The van der Waals surface area contributed by atoms with E-state index >= 15 is 0 Å². The Kier molecular flexibility index (Phi) is 1.96. The van der Waals surface area contributed by atoms with Gasteiger partial charge in [0.05, 0.1) is 0 Å². The molecule has 12 heavy (non-hydrogen) atoms. The molecule has 1 heteroatoms. The lowest BCUT2D eigenvalue weighted by atomic mass is 10.0. The van der Waals surface area contributed by atoms with Gasteiger partial charge in [-0.2, -0.15) is 0 Å². The van der Waals surface area contributed by atoms with Crippen LogP contribution < -0.4 is 16.2 Å². The number of nitrogens with two attached hydrogens (primary N) is 1. The average Bonchev–Trinajstić information content (AvgIpc) is 2.17. The summed E-state index contributed by atoms with van der Waals surface area (Å²) in [4.78, 5) is 0. The second-order valence-corrected chi connectivity index (χ2v) is 3.11. The van der Waals surface area contributed by atoms with E-state index in [1.165, 1.54) is 22.4 Å². The molecule has 1 aliphatic rings. The second-order valence-electron chi connectivity index (χ2n) is 3.11. The van der Waals surface area contributed by atoms with Gasteiger partial charge in [0.15, 0.2) is 0 Å². The maximum Gasteiger partial charge on any atom is 0.0184 e. The van der Waals surface area contributed by atoms with E-state index in [9.17, 15) is 0 Å². The molecule has 0 unspecified atom stereocenters. The second kappa shape index (κ2) is 3.11. The predicted molar refractivity (Wildman–Crippen MR) is 51.7 cm³/mol. The van der Waals surface area contributed by atoms with Gasteiger partial charge < -0.3 is 5.73 Å². The molecule has 1 nitrogen and oxygen atoms in total. The minimum absolute atomic E-state index is 0.646. The monoisotopic (exact) mass is 159 g/mol. The average molecular weight is 159 g/mol. The molecule has 0 fully saturated rings. The van der Waals surface area contributed by atoms with Gasteiger partial charge in [0.25, 0.3) is 0 Å². The Morgan fingerprint density at radius 2 is 2.00 bits per heavy atom. The van der Waals surface area contributed by atoms with Crippen LogP contribution in [-0.4, -0.2) is 0 Å². The zero-order valence-electron chi connectivity index (χ0n) is 7.09. The van der Waals surface area contributed by atoms with Gasteiger partial charge in [0.2, 0.25) is 0 Å². The molecule has 1 aromatic carbocycles. The maximum atomic E-state index is 5.64. The van der Waals surface area contributed by atoms with E-state index in [2.05, 4.69) is 30.4 Å². The topological polar surface area (TPSA) is 26.0 Å². The Balaban J connectivity index is 2.77. The number of hydrogen-bond donors (Lipinski definition) is 1. The number of benzene rings is 1. The quantitative estimate of drug-likeness (QED) is 0.634. The van der Waals surface area contributed by atoms with Gasteiger partial charge in [-0.05, 0) is 28.8 Å². The van der Waals surface area contributed by atoms with Crippen molar-refractivity contribution in [3.63, 3.8) is 0 Å². The molecule has 0 spiro atoms. The summed E-state index contributed by atoms with van der Waals surface area (Å²) in [5.74, 6) is 0. The van der Waals surface area contributed by atoms with Crippen LogP contribution >= 0.6 is 0 Å². The van der Waals surface area contributed by atoms with Gasteiger partial charge >= 0.3 is 0 Å². The van der Waals surface area contributed by atoms with Crippen LogP contribution in [0, 0.1) is 0 Å². The van der Waals surface area contributed by atoms with Crippen LogP contribution in [0.3, 0.4) is 0 Å². The van der Waals surface area contributed by atoms with E-state index < -0.39 is 0 Å². The van der Waals surface area contributed by atoms with Crippen LogP contribution in [0.15, 0.2) is 18.2 Å². The summed E-state index contributed by atoms with van der Waals surface area (Å²) < 4.78 is 0. The van der Waals surface area contributed by atoms with Crippen LogP contribution in [0.5, 0.6) is 0 Å². The van der Waals surface area contributed by atoms with Crippen LogP contribution in [0.1, 0.15) is 18.4 Å². The van der Waals surface area contributed by atoms with E-state index in [-0.39, 0.29) is 0 Å². The minimum atomic E-state index is 0.646. The van der Waals surface area contributed by atoms with Crippen LogP contribution in [0.4, 0.5) is 0 Å². The van der Waals surface area contributed by atoms with Crippen molar-refractivity contribution in [1.29, 1.82) is 0 Å². The molecule has 0 aliphatic heterocycles. The molecule has 62 valence electrons. The van der Waals surface area contributed by atoms with Gasteiger partial charge in [0.1, 0.15) is 0 Å². The van der Waals surface area contributed by atoms with Crippen molar-refractivity contribution < 1.29 is 0 Å². The minimum Gasteiger partial charge on any atom is -0.326 e. The maximum absolute atomic E-state index is 5.64. The highest BCUT2D eigenvalue weighted by Gasteiger charge is 1.96. The van der Waals surface area contributed by atoms with Crippen molar-refractivity contribution in [2.45, 2.75) is 19.4 Å². The lowest BCUT2D eigenvalue weighted by Gasteiger charge is -2.03. The first-order valence-electron chi connectivity index (χ1n) is 4.40. The zero-order valence-corrected chi connectivity index (χ0v) is 7.09. The SMILES string of the molecule is NCc1cccc2c1=CCCC=2. The largest absolute Gasteiger partial charge is 0.326 e. The number of hydrogen-bond acceptors (Lipinski definition) is 1. The summed E-state index contributed by atoms with van der Waals surface area (Å²) >= 11 is 0. The predicted octanol–water partition coefficient (Wildman–Crippen LogP) is 0.500. The van der Waals surface area contributed by atoms with E-state index in [1.54, 1.807) is 0 Å². The van der Waals surface area contributed by atoms with Crippen LogP contribution in [-0.2, 0) is 6.54 Å². The molecule has 0 saturated carbocycles. The Morgan fingerprint density at radius 1 is 1.17 bits per heavy atom. The summed E-state index contributed by atoms with van der Waals surface area (Å²) in [6.45, 7) is 0.646. The number of fused-ring (bicyclic) bond motifs is 1. The molecule has 0 atom stereocenters. The Labute approximate surface area is 72.2 Å². The first-order chi connectivity index (χ1) is 5.92. The smallest absolute Gasteiger partial charge is 0.0184 e. The summed E-state index contributed by atoms with van der Waals surface area (Å²) in [5.41, 5.74) is 6.91. The van der Waals surface area contributed by atoms with E-state index in [0.717, 1.165) is 6.42 Å². The molecular weight excluding hydrogens is 146 g/mol. The molecular formula is C11H13N. The Bertz CT molecular complexity index is 390. The van der Waals surface area contributed by atoms with E-state index in [0.29, 0.717) is 6.54 Å². The normalized spacial score (nSPS) is 14.4. The molecule has 2 N–H and O–H groups in total. The first-order valence-corrected chi connectivity index (χ1v) is 4.40. The van der Waals surface area contributed by atoms with Crippen LogP contribution in [0.25, 0.3) is 12.2 Å². The van der Waals surface area contributed by atoms with Gasteiger partial charge in [-0.25, -0.2) is 0 Å². The highest BCUT2D eigenvalue weighted by Crippen LogP contribution is 1.96. The van der Waals surface area contributed by atoms with Gasteiger partial charge in [-0.15, -0.1) is 0 Å². The fourth-order valence-corrected chi connectivity index (χ4v) is 1.70. The number of rotatable bonds is 1. The van der Waals surface area contributed by atoms with Crippen molar-refractivity contribution >= 4 is 12.2 Å². The molecule has 0 radical (unpaired) electrons. The van der Waals surface area contributed by atoms with Crippen molar-refractivity contribution in [2.75, 3.05) is 0 Å². The summed E-state index contributed by atoms with van der Waals surface area (Å²) in [6.07, 6.45) is 6.90. The van der Waals surface area contributed by atoms with Crippen molar-refractivity contribution in [3.8, 4) is 0 Å². The molecule has 2 rings (SSSR count). The zero-order chi connectivity index (χ0) is 8.39. The Hall–Kier alpha value is -1.08. The van der Waals surface area contributed by atoms with Crippen molar-refractivity contribution in [1.82, 2.24) is 0 Å². The van der Waals surface area contributed by atoms with E-state index in [4.69, 9.17) is 5.73 Å². The molecule has 0 amide bonds. The lowest BCUT2D eigenvalue weighted by molar-refractivity contribution is 1.03. The fraction of sp³-hybridized carbons (Fsp3) is 0.273. The summed E-state index contributed by atoms with van der Waals surface area (Å²) in [6, 6.07) is 6.34. The van der Waals surface area contributed by atoms with E-state index in [1.807, 2.05) is 0 Å². The molecule has 1 aromatic rings. The summed E-state index contributed by atoms with van der Waals surface area (Å²) in [7, 11) is 0. The third kappa shape index (κ3) is 1.16. The lowest BCUT2D eigenvalue weighted by Crippen LogP contribution is -2.31. The third-order valence-corrected chi connectivity index (χ3v) is 2.33. The fourth-order valence-electron chi connectivity index (χ4n) is 1.70. The molecule has 0 saturated heterocycles. The highest BCUT2D eigenvalue weighted by atomic mass is 14.5. The van der Waals surface area contributed by atoms with Gasteiger partial charge in [0, 0.05) is 6.54 Å². The summed E-state index contributed by atoms with van der Waals surface area (Å²) in [5, 5.41) is 2.70.